The van der Waals surface area contributed by atoms with Crippen molar-refractivity contribution in [3.63, 3.8) is 0 Å². The summed E-state index contributed by atoms with van der Waals surface area (Å²) in [5, 5.41) is 5.44. The van der Waals surface area contributed by atoms with Crippen LogP contribution in [0.2, 0.25) is 0 Å². The molecule has 7 heteroatoms. The van der Waals surface area contributed by atoms with Gasteiger partial charge in [-0.25, -0.2) is 0 Å². The third-order valence-electron chi connectivity index (χ3n) is 4.23. The Morgan fingerprint density at radius 3 is 2.43 bits per heavy atom. The Bertz CT molecular complexity index is 885. The molecule has 2 aromatic rings. The second-order valence-electron chi connectivity index (χ2n) is 6.62. The average molecular weight is 388 g/mol. The summed E-state index contributed by atoms with van der Waals surface area (Å²) in [6.45, 7) is -0.00658. The predicted octanol–water partition coefficient (Wildman–Crippen LogP) is 3.93. The number of alkyl halides is 3. The molecule has 0 aromatic heterocycles. The Kier molecular flexibility index (Phi) is 5.82. The summed E-state index contributed by atoms with van der Waals surface area (Å²) in [4.78, 5) is 23.8. The molecular weight excluding hydrogens is 369 g/mol. The molecule has 1 saturated carbocycles. The maximum Gasteiger partial charge on any atom is 0.416 e. The summed E-state index contributed by atoms with van der Waals surface area (Å²) >= 11 is 0. The molecule has 28 heavy (non-hydrogen) atoms. The lowest BCUT2D eigenvalue weighted by Crippen LogP contribution is -2.25. The van der Waals surface area contributed by atoms with Gasteiger partial charge in [-0.3, -0.25) is 9.59 Å². The van der Waals surface area contributed by atoms with Crippen LogP contribution < -0.4 is 10.6 Å². The normalized spacial score (nSPS) is 14.1. The van der Waals surface area contributed by atoms with Gasteiger partial charge in [-0.05, 0) is 54.3 Å². The van der Waals surface area contributed by atoms with Crippen LogP contribution in [0.1, 0.15) is 39.9 Å². The molecule has 0 radical (unpaired) electrons. The number of amides is 2. The van der Waals surface area contributed by atoms with E-state index >= 15 is 0 Å². The fraction of sp³-hybridized carbons (Fsp3) is 0.238. The molecule has 0 heterocycles. The Hall–Kier alpha value is -3.09. The maximum atomic E-state index is 12.7. The van der Waals surface area contributed by atoms with Gasteiger partial charge >= 0.3 is 6.18 Å². The van der Waals surface area contributed by atoms with E-state index in [9.17, 15) is 22.8 Å². The van der Waals surface area contributed by atoms with E-state index < -0.39 is 17.6 Å². The largest absolute Gasteiger partial charge is 0.416 e. The van der Waals surface area contributed by atoms with Gasteiger partial charge in [0.2, 0.25) is 5.91 Å². The highest BCUT2D eigenvalue weighted by molar-refractivity contribution is 5.95. The van der Waals surface area contributed by atoms with Gasteiger partial charge in [0.15, 0.2) is 0 Å². The first-order valence-electron chi connectivity index (χ1n) is 8.84. The van der Waals surface area contributed by atoms with E-state index in [2.05, 4.69) is 10.6 Å². The molecule has 2 amide bonds. The van der Waals surface area contributed by atoms with Crippen molar-refractivity contribution >= 4 is 17.9 Å². The molecule has 0 atom stereocenters. The molecule has 3 rings (SSSR count). The highest BCUT2D eigenvalue weighted by Gasteiger charge is 2.30. The van der Waals surface area contributed by atoms with Crippen LogP contribution in [-0.4, -0.2) is 17.9 Å². The Labute approximate surface area is 160 Å². The Balaban J connectivity index is 1.51. The first-order chi connectivity index (χ1) is 13.3. The lowest BCUT2D eigenvalue weighted by atomic mass is 10.1. The molecule has 2 aromatic carbocycles. The van der Waals surface area contributed by atoms with Crippen LogP contribution >= 0.6 is 0 Å². The van der Waals surface area contributed by atoms with Crippen LogP contribution in [0.4, 0.5) is 13.2 Å². The number of carbonyl (C=O) groups is 2. The molecule has 1 fully saturated rings. The summed E-state index contributed by atoms with van der Waals surface area (Å²) in [6, 6.07) is 11.9. The maximum absolute atomic E-state index is 12.7. The zero-order valence-electron chi connectivity index (χ0n) is 14.9. The highest BCUT2D eigenvalue weighted by Crippen LogP contribution is 2.29. The number of carbonyl (C=O) groups excluding carboxylic acids is 2. The van der Waals surface area contributed by atoms with Crippen LogP contribution in [0.25, 0.3) is 6.08 Å². The molecule has 4 nitrogen and oxygen atoms in total. The van der Waals surface area contributed by atoms with Crippen molar-refractivity contribution in [3.05, 3.63) is 76.9 Å². The topological polar surface area (TPSA) is 58.2 Å². The lowest BCUT2D eigenvalue weighted by molar-refractivity contribution is -0.137. The summed E-state index contributed by atoms with van der Waals surface area (Å²) < 4.78 is 38.1. The fourth-order valence-electron chi connectivity index (χ4n) is 2.52. The average Bonchev–Trinajstić information content (AvgIpc) is 3.48. The minimum absolute atomic E-state index is 0.00658. The van der Waals surface area contributed by atoms with Gasteiger partial charge in [-0.15, -0.1) is 0 Å². The summed E-state index contributed by atoms with van der Waals surface area (Å²) in [7, 11) is 0. The second-order valence-corrected chi connectivity index (χ2v) is 6.62. The minimum Gasteiger partial charge on any atom is -0.349 e. The number of halogens is 3. The van der Waals surface area contributed by atoms with E-state index in [-0.39, 0.29) is 18.5 Å². The van der Waals surface area contributed by atoms with Gasteiger partial charge in [0.25, 0.3) is 5.91 Å². The van der Waals surface area contributed by atoms with Crippen molar-refractivity contribution in [2.75, 3.05) is 0 Å². The van der Waals surface area contributed by atoms with E-state index in [1.165, 1.54) is 18.2 Å². The van der Waals surface area contributed by atoms with E-state index in [1.54, 1.807) is 30.3 Å². The lowest BCUT2D eigenvalue weighted by Gasteiger charge is -2.09. The summed E-state index contributed by atoms with van der Waals surface area (Å²) in [6.07, 6.45) is 0.489. The predicted molar refractivity (Wildman–Crippen MR) is 99.3 cm³/mol. The first kappa shape index (κ1) is 19.7. The number of hydrogen-bond acceptors (Lipinski definition) is 2. The summed E-state index contributed by atoms with van der Waals surface area (Å²) in [5.41, 5.74) is 0.901. The van der Waals surface area contributed by atoms with Crippen molar-refractivity contribution in [2.24, 2.45) is 0 Å². The smallest absolute Gasteiger partial charge is 0.349 e. The molecule has 0 saturated heterocycles. The molecule has 0 spiro atoms. The van der Waals surface area contributed by atoms with E-state index in [1.807, 2.05) is 0 Å². The van der Waals surface area contributed by atoms with Gasteiger partial charge in [0, 0.05) is 24.2 Å². The molecule has 0 bridgehead atoms. The molecule has 1 aliphatic carbocycles. The van der Waals surface area contributed by atoms with Crippen LogP contribution in [-0.2, 0) is 17.5 Å². The van der Waals surface area contributed by atoms with E-state index in [0.29, 0.717) is 11.1 Å². The molecule has 2 N–H and O–H groups in total. The van der Waals surface area contributed by atoms with Crippen LogP contribution in [0.3, 0.4) is 0 Å². The Morgan fingerprint density at radius 2 is 1.79 bits per heavy atom. The van der Waals surface area contributed by atoms with Crippen molar-refractivity contribution in [3.8, 4) is 0 Å². The molecule has 0 aliphatic heterocycles. The molecule has 0 unspecified atom stereocenters. The van der Waals surface area contributed by atoms with Crippen molar-refractivity contribution < 1.29 is 22.8 Å². The van der Waals surface area contributed by atoms with E-state index in [0.717, 1.165) is 30.5 Å². The van der Waals surface area contributed by atoms with Crippen LogP contribution in [0.5, 0.6) is 0 Å². The Morgan fingerprint density at radius 1 is 1.07 bits per heavy atom. The van der Waals surface area contributed by atoms with E-state index in [4.69, 9.17) is 0 Å². The zero-order valence-corrected chi connectivity index (χ0v) is 14.9. The second kappa shape index (κ2) is 8.29. The van der Waals surface area contributed by atoms with Gasteiger partial charge in [0.1, 0.15) is 0 Å². The number of rotatable bonds is 6. The SMILES string of the molecule is O=C(/C=C/c1ccc(C(=O)NC2CC2)cc1)NCc1cccc(C(F)(F)F)c1. The van der Waals surface area contributed by atoms with Crippen molar-refractivity contribution in [1.82, 2.24) is 10.6 Å². The van der Waals surface area contributed by atoms with Crippen LogP contribution in [0, 0.1) is 0 Å². The molecular formula is C21H19F3N2O2. The van der Waals surface area contributed by atoms with Crippen LogP contribution in [0.15, 0.2) is 54.6 Å². The van der Waals surface area contributed by atoms with Crippen molar-refractivity contribution in [1.29, 1.82) is 0 Å². The monoisotopic (exact) mass is 388 g/mol. The first-order valence-corrected chi connectivity index (χ1v) is 8.84. The zero-order chi connectivity index (χ0) is 20.1. The third kappa shape index (κ3) is 5.70. The molecule has 146 valence electrons. The van der Waals surface area contributed by atoms with Gasteiger partial charge in [0.05, 0.1) is 5.56 Å². The summed E-state index contributed by atoms with van der Waals surface area (Å²) in [5.74, 6) is -0.537. The third-order valence-corrected chi connectivity index (χ3v) is 4.23. The minimum atomic E-state index is -4.42. The fourth-order valence-corrected chi connectivity index (χ4v) is 2.52. The number of hydrogen-bond donors (Lipinski definition) is 2. The van der Waals surface area contributed by atoms with Gasteiger partial charge < -0.3 is 10.6 Å². The van der Waals surface area contributed by atoms with Gasteiger partial charge in [-0.1, -0.05) is 24.3 Å². The van der Waals surface area contributed by atoms with Crippen molar-refractivity contribution in [2.45, 2.75) is 31.6 Å². The van der Waals surface area contributed by atoms with Gasteiger partial charge in [-0.2, -0.15) is 13.2 Å². The number of benzene rings is 2. The molecule has 1 aliphatic rings. The number of nitrogens with one attached hydrogen (secondary N) is 2. The quantitative estimate of drug-likeness (QED) is 0.737. The highest BCUT2D eigenvalue weighted by atomic mass is 19.4. The standard InChI is InChI=1S/C21H19F3N2O2/c22-21(23,24)17-3-1-2-15(12-17)13-25-19(27)11-6-14-4-7-16(8-5-14)20(28)26-18-9-10-18/h1-8,11-12,18H,9-10,13H2,(H,25,27)(H,26,28)/b11-6+.